The van der Waals surface area contributed by atoms with E-state index in [-0.39, 0.29) is 34.7 Å². The monoisotopic (exact) mass is 600 g/mol. The number of aromatic nitrogens is 2. The van der Waals surface area contributed by atoms with Crippen LogP contribution in [0.25, 0.3) is 6.08 Å². The lowest BCUT2D eigenvalue weighted by molar-refractivity contribution is -0.0184. The summed E-state index contributed by atoms with van der Waals surface area (Å²) in [5.74, 6) is 0.0793. The first-order chi connectivity index (χ1) is 18.6. The minimum atomic E-state index is -0.524. The van der Waals surface area contributed by atoms with Crippen LogP contribution in [0.2, 0.25) is 0 Å². The van der Waals surface area contributed by atoms with Crippen molar-refractivity contribution in [2.24, 2.45) is 17.3 Å². The summed E-state index contributed by atoms with van der Waals surface area (Å²) in [6.07, 6.45) is 20.7. The molecule has 3 atom stereocenters. The number of carbonyl (C=O) groups excluding carboxylic acids is 2. The first kappa shape index (κ1) is 31.8. The van der Waals surface area contributed by atoms with E-state index >= 15 is 0 Å². The molecule has 0 N–H and O–H groups in total. The van der Waals surface area contributed by atoms with Gasteiger partial charge in [-0.05, 0) is 23.7 Å². The van der Waals surface area contributed by atoms with E-state index in [0.29, 0.717) is 24.6 Å². The molecule has 210 valence electrons. The van der Waals surface area contributed by atoms with Crippen molar-refractivity contribution in [3.05, 3.63) is 89.3 Å². The van der Waals surface area contributed by atoms with Crippen molar-refractivity contribution >= 4 is 33.9 Å². The highest BCUT2D eigenvalue weighted by molar-refractivity contribution is 9.11. The van der Waals surface area contributed by atoms with Gasteiger partial charge in [0, 0.05) is 24.3 Å². The molecule has 0 aliphatic rings. The highest BCUT2D eigenvalue weighted by Crippen LogP contribution is 2.36. The smallest absolute Gasteiger partial charge is 0.360 e. The van der Waals surface area contributed by atoms with Crippen molar-refractivity contribution in [1.29, 1.82) is 0 Å². The Balaban J connectivity index is 1.99. The predicted molar refractivity (Wildman–Crippen MR) is 154 cm³/mol. The van der Waals surface area contributed by atoms with E-state index < -0.39 is 11.9 Å². The largest absolute Gasteiger partial charge is 0.464 e. The standard InChI is InChI=1S/C30H37BrN2O6/c1-7-13-22(3)30(4,5)25(39-29(35)24-20-37-26(32-24)16-17-31)15-12-10-8-9-11-14-21(2)18-27-33-23(19-38-27)28(34)36-6/h7-14,16-17,19-22,25H,15,18H2,1-6H3/b9-8-,12-10-,13-7+,14-11+,17-16-/t21-,22-,25-/m0/s1. The van der Waals surface area contributed by atoms with Crippen LogP contribution in [0.4, 0.5) is 0 Å². The molecule has 0 bridgehead atoms. The maximum atomic E-state index is 12.8. The van der Waals surface area contributed by atoms with Crippen molar-refractivity contribution in [1.82, 2.24) is 9.97 Å². The van der Waals surface area contributed by atoms with Gasteiger partial charge in [-0.15, -0.1) is 0 Å². The van der Waals surface area contributed by atoms with Crippen LogP contribution in [0.1, 0.15) is 73.8 Å². The van der Waals surface area contributed by atoms with Crippen LogP contribution in [0.5, 0.6) is 0 Å². The third-order valence-electron chi connectivity index (χ3n) is 6.37. The van der Waals surface area contributed by atoms with Crippen LogP contribution in [-0.4, -0.2) is 35.1 Å². The highest BCUT2D eigenvalue weighted by Gasteiger charge is 2.36. The first-order valence-electron chi connectivity index (χ1n) is 12.7. The SMILES string of the molecule is C/C=C/[C@H](C)C(C)(C)[C@H](C\C=C/C=C\C=C\[C@H](C)Cc1nc(C(=O)OC)co1)OC(=O)c1coc(/C=C\Br)n1. The highest BCUT2D eigenvalue weighted by atomic mass is 79.9. The van der Waals surface area contributed by atoms with Gasteiger partial charge >= 0.3 is 11.9 Å². The zero-order valence-corrected chi connectivity index (χ0v) is 24.9. The molecule has 9 heteroatoms. The summed E-state index contributed by atoms with van der Waals surface area (Å²) in [5.41, 5.74) is -0.0373. The Labute approximate surface area is 238 Å². The number of nitrogens with zero attached hydrogens (tertiary/aromatic N) is 2. The van der Waals surface area contributed by atoms with Gasteiger partial charge in [-0.1, -0.05) is 92.2 Å². The number of hydrogen-bond acceptors (Lipinski definition) is 8. The van der Waals surface area contributed by atoms with Crippen LogP contribution in [0, 0.1) is 17.3 Å². The van der Waals surface area contributed by atoms with Gasteiger partial charge in [0.15, 0.2) is 17.3 Å². The number of esters is 2. The number of methoxy groups -OCH3 is 1. The number of halogens is 1. The average molecular weight is 602 g/mol. The molecule has 8 nitrogen and oxygen atoms in total. The summed E-state index contributed by atoms with van der Waals surface area (Å²) in [6.45, 7) is 10.3. The van der Waals surface area contributed by atoms with Gasteiger partial charge in [-0.3, -0.25) is 0 Å². The topological polar surface area (TPSA) is 105 Å². The molecule has 39 heavy (non-hydrogen) atoms. The molecule has 0 amide bonds. The summed E-state index contributed by atoms with van der Waals surface area (Å²) >= 11 is 3.17. The van der Waals surface area contributed by atoms with Crippen molar-refractivity contribution in [3.63, 3.8) is 0 Å². The molecule has 0 aliphatic carbocycles. The Bertz CT molecular complexity index is 1220. The lowest BCUT2D eigenvalue weighted by atomic mass is 9.74. The third kappa shape index (κ3) is 9.98. The number of ether oxygens (including phenoxy) is 2. The first-order valence-corrected chi connectivity index (χ1v) is 13.6. The van der Waals surface area contributed by atoms with Crippen molar-refractivity contribution in [2.75, 3.05) is 7.11 Å². The predicted octanol–water partition coefficient (Wildman–Crippen LogP) is 7.52. The Morgan fingerprint density at radius 2 is 1.72 bits per heavy atom. The second-order valence-corrected chi connectivity index (χ2v) is 10.2. The Hall–Kier alpha value is -3.46. The molecule has 0 saturated carbocycles. The summed E-state index contributed by atoms with van der Waals surface area (Å²) in [5, 5.41) is 0. The minimum absolute atomic E-state index is 0.129. The van der Waals surface area contributed by atoms with Crippen LogP contribution in [-0.2, 0) is 15.9 Å². The Morgan fingerprint density at radius 3 is 2.41 bits per heavy atom. The van der Waals surface area contributed by atoms with Crippen LogP contribution >= 0.6 is 15.9 Å². The molecule has 2 heterocycles. The number of allylic oxidation sites excluding steroid dienone is 7. The van der Waals surface area contributed by atoms with Crippen molar-refractivity contribution in [3.8, 4) is 0 Å². The van der Waals surface area contributed by atoms with Crippen molar-refractivity contribution < 1.29 is 27.9 Å². The van der Waals surface area contributed by atoms with E-state index in [1.807, 2.05) is 56.4 Å². The fourth-order valence-electron chi connectivity index (χ4n) is 3.64. The minimum Gasteiger partial charge on any atom is -0.464 e. The fraction of sp³-hybridized carbons (Fsp3) is 0.400. The summed E-state index contributed by atoms with van der Waals surface area (Å²) in [4.78, 5) is 34.2. The second kappa shape index (κ2) is 15.8. The molecule has 0 aromatic carbocycles. The lowest BCUT2D eigenvalue weighted by Crippen LogP contribution is -2.38. The zero-order chi connectivity index (χ0) is 28.8. The molecule has 2 aromatic rings. The maximum absolute atomic E-state index is 12.8. The van der Waals surface area contributed by atoms with E-state index in [2.05, 4.69) is 57.5 Å². The van der Waals surface area contributed by atoms with Crippen molar-refractivity contribution in [2.45, 2.75) is 53.6 Å². The normalized spacial score (nSPS) is 15.2. The molecule has 0 fully saturated rings. The summed E-state index contributed by atoms with van der Waals surface area (Å²) in [6, 6.07) is 0. The molecule has 0 saturated heterocycles. The molecular weight excluding hydrogens is 564 g/mol. The van der Waals surface area contributed by atoms with Crippen LogP contribution in [0.3, 0.4) is 0 Å². The maximum Gasteiger partial charge on any atom is 0.360 e. The van der Waals surface area contributed by atoms with E-state index in [4.69, 9.17) is 13.6 Å². The van der Waals surface area contributed by atoms with Gasteiger partial charge < -0.3 is 18.3 Å². The number of oxazole rings is 2. The van der Waals surface area contributed by atoms with Gasteiger partial charge in [0.25, 0.3) is 0 Å². The van der Waals surface area contributed by atoms with E-state index in [1.54, 1.807) is 11.1 Å². The van der Waals surface area contributed by atoms with Gasteiger partial charge in [-0.2, -0.15) is 0 Å². The van der Waals surface area contributed by atoms with E-state index in [1.165, 1.54) is 19.6 Å². The summed E-state index contributed by atoms with van der Waals surface area (Å²) < 4.78 is 21.2. The lowest BCUT2D eigenvalue weighted by Gasteiger charge is -2.37. The molecule has 0 unspecified atom stereocenters. The molecule has 2 aromatic heterocycles. The summed E-state index contributed by atoms with van der Waals surface area (Å²) in [7, 11) is 1.30. The average Bonchev–Trinajstić information content (AvgIpc) is 3.57. The second-order valence-electron chi connectivity index (χ2n) is 9.63. The molecule has 2 rings (SSSR count). The van der Waals surface area contributed by atoms with E-state index in [9.17, 15) is 9.59 Å². The Morgan fingerprint density at radius 1 is 1.03 bits per heavy atom. The molecule has 0 spiro atoms. The van der Waals surface area contributed by atoms with E-state index in [0.717, 1.165) is 0 Å². The zero-order valence-electron chi connectivity index (χ0n) is 23.3. The Kier molecular flexibility index (Phi) is 12.9. The third-order valence-corrected chi connectivity index (χ3v) is 6.64. The van der Waals surface area contributed by atoms with Crippen LogP contribution in [0.15, 0.2) is 75.0 Å². The number of hydrogen-bond donors (Lipinski definition) is 0. The van der Waals surface area contributed by atoms with Crippen LogP contribution < -0.4 is 0 Å². The fourth-order valence-corrected chi connectivity index (χ4v) is 3.87. The molecule has 0 radical (unpaired) electrons. The van der Waals surface area contributed by atoms with Gasteiger partial charge in [0.2, 0.25) is 5.89 Å². The molecular formula is C30H37BrN2O6. The van der Waals surface area contributed by atoms with Gasteiger partial charge in [0.05, 0.1) is 7.11 Å². The number of carbonyl (C=O) groups is 2. The van der Waals surface area contributed by atoms with Gasteiger partial charge in [0.1, 0.15) is 18.6 Å². The molecule has 0 aliphatic heterocycles. The van der Waals surface area contributed by atoms with Gasteiger partial charge in [-0.25, -0.2) is 19.6 Å². The quantitative estimate of drug-likeness (QED) is 0.124. The number of rotatable bonds is 14.